The Hall–Kier alpha value is -1.76. The molecule has 116 valence electrons. The lowest BCUT2D eigenvalue weighted by Gasteiger charge is -2.47. The standard InChI is InChI=1S/C14H17F3N2O2/c15-14(16,17)6-7-19-9-12(21-13(18)20)11(19)8-10-4-2-1-3-5-10/h1-5,11-12H,6-9H2,(H2,18,20). The Morgan fingerprint density at radius 2 is 2.00 bits per heavy atom. The Bertz CT molecular complexity index is 479. The average molecular weight is 302 g/mol. The van der Waals surface area contributed by atoms with Crippen LogP contribution in [0.25, 0.3) is 0 Å². The van der Waals surface area contributed by atoms with Crippen molar-refractivity contribution >= 4 is 6.09 Å². The lowest BCUT2D eigenvalue weighted by molar-refractivity contribution is -0.150. The molecule has 0 aromatic heterocycles. The fourth-order valence-corrected chi connectivity index (χ4v) is 2.49. The summed E-state index contributed by atoms with van der Waals surface area (Å²) in [5, 5.41) is 0. The molecule has 0 radical (unpaired) electrons. The minimum Gasteiger partial charge on any atom is -0.443 e. The molecular weight excluding hydrogens is 285 g/mol. The van der Waals surface area contributed by atoms with Gasteiger partial charge in [-0.15, -0.1) is 0 Å². The predicted molar refractivity (Wildman–Crippen MR) is 70.6 cm³/mol. The van der Waals surface area contributed by atoms with Crippen molar-refractivity contribution in [3.8, 4) is 0 Å². The van der Waals surface area contributed by atoms with Crippen LogP contribution in [-0.2, 0) is 11.2 Å². The van der Waals surface area contributed by atoms with E-state index in [0.717, 1.165) is 5.56 Å². The van der Waals surface area contributed by atoms with E-state index in [1.54, 1.807) is 4.90 Å². The second kappa shape index (κ2) is 6.34. The Kier molecular flexibility index (Phi) is 4.72. The topological polar surface area (TPSA) is 55.6 Å². The molecule has 4 nitrogen and oxygen atoms in total. The van der Waals surface area contributed by atoms with Crippen LogP contribution in [0, 0.1) is 0 Å². The van der Waals surface area contributed by atoms with Crippen LogP contribution in [0.1, 0.15) is 12.0 Å². The van der Waals surface area contributed by atoms with E-state index >= 15 is 0 Å². The first-order chi connectivity index (χ1) is 9.85. The minimum atomic E-state index is -4.19. The van der Waals surface area contributed by atoms with Gasteiger partial charge in [-0.25, -0.2) is 4.79 Å². The summed E-state index contributed by atoms with van der Waals surface area (Å²) >= 11 is 0. The first-order valence-electron chi connectivity index (χ1n) is 6.66. The van der Waals surface area contributed by atoms with Gasteiger partial charge in [0.05, 0.1) is 12.5 Å². The van der Waals surface area contributed by atoms with Gasteiger partial charge in [0.1, 0.15) is 6.10 Å². The average Bonchev–Trinajstić information content (AvgIpc) is 2.39. The number of ether oxygens (including phenoxy) is 1. The molecule has 1 heterocycles. The summed E-state index contributed by atoms with van der Waals surface area (Å²) in [5.74, 6) is 0. The second-order valence-electron chi connectivity index (χ2n) is 5.09. The van der Waals surface area contributed by atoms with E-state index in [1.165, 1.54) is 0 Å². The van der Waals surface area contributed by atoms with Gasteiger partial charge in [0.25, 0.3) is 0 Å². The molecule has 0 aliphatic carbocycles. The number of carbonyl (C=O) groups excluding carboxylic acids is 1. The predicted octanol–water partition coefficient (Wildman–Crippen LogP) is 2.33. The number of likely N-dealkylation sites (tertiary alicyclic amines) is 1. The van der Waals surface area contributed by atoms with Gasteiger partial charge in [0.2, 0.25) is 0 Å². The van der Waals surface area contributed by atoms with Gasteiger partial charge in [-0.3, -0.25) is 4.90 Å². The maximum atomic E-state index is 12.3. The normalized spacial score (nSPS) is 22.6. The van der Waals surface area contributed by atoms with Crippen LogP contribution in [0.15, 0.2) is 30.3 Å². The fourth-order valence-electron chi connectivity index (χ4n) is 2.49. The summed E-state index contributed by atoms with van der Waals surface area (Å²) in [6, 6.07) is 9.10. The Morgan fingerprint density at radius 1 is 1.33 bits per heavy atom. The summed E-state index contributed by atoms with van der Waals surface area (Å²) in [6.45, 7) is 0.191. The van der Waals surface area contributed by atoms with E-state index in [0.29, 0.717) is 6.42 Å². The van der Waals surface area contributed by atoms with E-state index in [4.69, 9.17) is 10.5 Å². The molecule has 21 heavy (non-hydrogen) atoms. The van der Waals surface area contributed by atoms with Gasteiger partial charge in [0, 0.05) is 13.1 Å². The number of hydrogen-bond donors (Lipinski definition) is 1. The van der Waals surface area contributed by atoms with E-state index in [1.807, 2.05) is 30.3 Å². The van der Waals surface area contributed by atoms with Crippen LogP contribution < -0.4 is 5.73 Å². The van der Waals surface area contributed by atoms with Crippen molar-refractivity contribution in [2.75, 3.05) is 13.1 Å². The van der Waals surface area contributed by atoms with Gasteiger partial charge in [-0.1, -0.05) is 30.3 Å². The third-order valence-electron chi connectivity index (χ3n) is 3.55. The Balaban J connectivity index is 1.96. The zero-order chi connectivity index (χ0) is 15.5. The highest BCUT2D eigenvalue weighted by Crippen LogP contribution is 2.28. The van der Waals surface area contributed by atoms with Crippen LogP contribution in [0.3, 0.4) is 0 Å². The number of alkyl halides is 3. The number of carbonyl (C=O) groups is 1. The maximum Gasteiger partial charge on any atom is 0.404 e. The molecule has 2 rings (SSSR count). The monoisotopic (exact) mass is 302 g/mol. The zero-order valence-corrected chi connectivity index (χ0v) is 11.3. The highest BCUT2D eigenvalue weighted by atomic mass is 19.4. The first-order valence-corrected chi connectivity index (χ1v) is 6.66. The van der Waals surface area contributed by atoms with E-state index < -0.39 is 24.8 Å². The summed E-state index contributed by atoms with van der Waals surface area (Å²) in [4.78, 5) is 12.5. The molecule has 1 aromatic carbocycles. The van der Waals surface area contributed by atoms with Crippen molar-refractivity contribution in [3.63, 3.8) is 0 Å². The highest BCUT2D eigenvalue weighted by molar-refractivity contribution is 5.65. The number of primary amides is 1. The molecule has 1 amide bonds. The third-order valence-corrected chi connectivity index (χ3v) is 3.55. The van der Waals surface area contributed by atoms with Gasteiger partial charge in [-0.2, -0.15) is 13.2 Å². The Labute approximate surface area is 120 Å². The summed E-state index contributed by atoms with van der Waals surface area (Å²) in [5.41, 5.74) is 5.97. The highest BCUT2D eigenvalue weighted by Gasteiger charge is 2.42. The molecule has 1 aliphatic heterocycles. The van der Waals surface area contributed by atoms with E-state index in [2.05, 4.69) is 0 Å². The van der Waals surface area contributed by atoms with Crippen LogP contribution >= 0.6 is 0 Å². The molecule has 2 unspecified atom stereocenters. The fraction of sp³-hybridized carbons (Fsp3) is 0.500. The number of nitrogens with two attached hydrogens (primary N) is 1. The lowest BCUT2D eigenvalue weighted by atomic mass is 9.92. The molecule has 1 fully saturated rings. The second-order valence-corrected chi connectivity index (χ2v) is 5.09. The summed E-state index contributed by atoms with van der Waals surface area (Å²) in [7, 11) is 0. The molecule has 0 spiro atoms. The maximum absolute atomic E-state index is 12.3. The Morgan fingerprint density at radius 3 is 2.57 bits per heavy atom. The van der Waals surface area contributed by atoms with Gasteiger partial charge >= 0.3 is 12.3 Å². The van der Waals surface area contributed by atoms with Crippen LogP contribution in [0.5, 0.6) is 0 Å². The van der Waals surface area contributed by atoms with Crippen molar-refractivity contribution in [2.45, 2.75) is 31.2 Å². The smallest absolute Gasteiger partial charge is 0.404 e. The van der Waals surface area contributed by atoms with Crippen molar-refractivity contribution in [2.24, 2.45) is 5.73 Å². The van der Waals surface area contributed by atoms with E-state index in [9.17, 15) is 18.0 Å². The van der Waals surface area contributed by atoms with Crippen LogP contribution in [-0.4, -0.2) is 42.4 Å². The lowest BCUT2D eigenvalue weighted by Crippen LogP contribution is -2.63. The van der Waals surface area contributed by atoms with Crippen LogP contribution in [0.2, 0.25) is 0 Å². The zero-order valence-electron chi connectivity index (χ0n) is 11.3. The minimum absolute atomic E-state index is 0.0976. The summed E-state index contributed by atoms with van der Waals surface area (Å²) < 4.78 is 41.9. The van der Waals surface area contributed by atoms with Crippen molar-refractivity contribution in [3.05, 3.63) is 35.9 Å². The molecule has 0 bridgehead atoms. The molecule has 7 heteroatoms. The molecule has 2 N–H and O–H groups in total. The first kappa shape index (κ1) is 15.6. The quantitative estimate of drug-likeness (QED) is 0.908. The third kappa shape index (κ3) is 4.63. The number of rotatable bonds is 5. The van der Waals surface area contributed by atoms with Crippen molar-refractivity contribution in [1.82, 2.24) is 4.90 Å². The number of hydrogen-bond acceptors (Lipinski definition) is 3. The molecule has 1 aromatic rings. The molecule has 1 saturated heterocycles. The number of benzene rings is 1. The number of nitrogens with zero attached hydrogens (tertiary/aromatic N) is 1. The van der Waals surface area contributed by atoms with E-state index in [-0.39, 0.29) is 19.1 Å². The SMILES string of the molecule is NC(=O)OC1CN(CCC(F)(F)F)C1Cc1ccccc1. The largest absolute Gasteiger partial charge is 0.443 e. The molecular formula is C14H17F3N2O2. The van der Waals surface area contributed by atoms with Gasteiger partial charge in [-0.05, 0) is 12.0 Å². The summed E-state index contributed by atoms with van der Waals surface area (Å²) in [6.07, 6.45) is -5.88. The molecule has 2 atom stereocenters. The van der Waals surface area contributed by atoms with Crippen molar-refractivity contribution in [1.29, 1.82) is 0 Å². The number of halogens is 3. The number of amides is 1. The van der Waals surface area contributed by atoms with Crippen molar-refractivity contribution < 1.29 is 22.7 Å². The van der Waals surface area contributed by atoms with Gasteiger partial charge in [0.15, 0.2) is 0 Å². The van der Waals surface area contributed by atoms with Crippen LogP contribution in [0.4, 0.5) is 18.0 Å². The van der Waals surface area contributed by atoms with Gasteiger partial charge < -0.3 is 10.5 Å². The molecule has 1 aliphatic rings. The molecule has 0 saturated carbocycles.